The van der Waals surface area contributed by atoms with Crippen molar-refractivity contribution in [3.05, 3.63) is 34.3 Å². The van der Waals surface area contributed by atoms with E-state index in [9.17, 15) is 8.42 Å². The monoisotopic (exact) mass is 317 g/mol. The van der Waals surface area contributed by atoms with Crippen LogP contribution in [0.25, 0.3) is 0 Å². The van der Waals surface area contributed by atoms with Crippen LogP contribution in [0.2, 0.25) is 0 Å². The molecule has 0 aliphatic carbocycles. The predicted molar refractivity (Wildman–Crippen MR) is 72.9 cm³/mol. The van der Waals surface area contributed by atoms with Gasteiger partial charge in [-0.2, -0.15) is 0 Å². The zero-order valence-corrected chi connectivity index (χ0v) is 11.9. The van der Waals surface area contributed by atoms with Gasteiger partial charge in [0.2, 0.25) is 0 Å². The third kappa shape index (κ3) is 4.08. The van der Waals surface area contributed by atoms with Gasteiger partial charge in [-0.15, -0.1) is 0 Å². The molecule has 1 saturated heterocycles. The molecule has 2 rings (SSSR count). The molecule has 17 heavy (non-hydrogen) atoms. The molecule has 1 aliphatic rings. The quantitative estimate of drug-likeness (QED) is 0.900. The van der Waals surface area contributed by atoms with Crippen LogP contribution in [-0.2, 0) is 16.3 Å². The first-order valence-corrected chi connectivity index (χ1v) is 8.35. The standard InChI is InChI=1S/C12H16BrNO2S/c13-11-3-1-2-10(8-11)5-7-17(15,16)9-12-4-6-14-12/h1-3,8,12,14H,4-7,9H2. The van der Waals surface area contributed by atoms with Crippen molar-refractivity contribution in [3.63, 3.8) is 0 Å². The molecule has 1 fully saturated rings. The molecule has 94 valence electrons. The van der Waals surface area contributed by atoms with E-state index in [0.717, 1.165) is 23.0 Å². The van der Waals surface area contributed by atoms with E-state index in [1.807, 2.05) is 24.3 Å². The van der Waals surface area contributed by atoms with E-state index in [-0.39, 0.29) is 17.5 Å². The van der Waals surface area contributed by atoms with Crippen LogP contribution in [0.1, 0.15) is 12.0 Å². The second-order valence-electron chi connectivity index (χ2n) is 4.43. The first kappa shape index (κ1) is 13.1. The van der Waals surface area contributed by atoms with Gasteiger partial charge in [-0.1, -0.05) is 28.1 Å². The lowest BCUT2D eigenvalue weighted by Crippen LogP contribution is -2.47. The molecule has 0 bridgehead atoms. The Bertz CT molecular complexity index is 483. The fraction of sp³-hybridized carbons (Fsp3) is 0.500. The van der Waals surface area contributed by atoms with Crippen LogP contribution in [0.15, 0.2) is 28.7 Å². The molecule has 1 aliphatic heterocycles. The molecule has 1 aromatic carbocycles. The van der Waals surface area contributed by atoms with Gasteiger partial charge in [0.05, 0.1) is 11.5 Å². The summed E-state index contributed by atoms with van der Waals surface area (Å²) >= 11 is 3.38. The van der Waals surface area contributed by atoms with Crippen LogP contribution < -0.4 is 5.32 Å². The van der Waals surface area contributed by atoms with Gasteiger partial charge in [0.1, 0.15) is 0 Å². The van der Waals surface area contributed by atoms with Crippen molar-refractivity contribution in [3.8, 4) is 0 Å². The number of sulfone groups is 1. The molecule has 0 aromatic heterocycles. The number of hydrogen-bond acceptors (Lipinski definition) is 3. The Labute approximate surface area is 111 Å². The second-order valence-corrected chi connectivity index (χ2v) is 7.58. The van der Waals surface area contributed by atoms with Gasteiger partial charge in [-0.05, 0) is 37.1 Å². The van der Waals surface area contributed by atoms with Crippen molar-refractivity contribution in [1.82, 2.24) is 5.32 Å². The molecule has 1 aromatic rings. The highest BCUT2D eigenvalue weighted by Gasteiger charge is 2.23. The Kier molecular flexibility index (Phi) is 4.22. The van der Waals surface area contributed by atoms with E-state index >= 15 is 0 Å². The second kappa shape index (κ2) is 5.50. The first-order valence-electron chi connectivity index (χ1n) is 5.73. The number of benzene rings is 1. The Hall–Kier alpha value is -0.390. The molecule has 0 amide bonds. The van der Waals surface area contributed by atoms with Gasteiger partial charge in [-0.3, -0.25) is 0 Å². The van der Waals surface area contributed by atoms with E-state index in [1.54, 1.807) is 0 Å². The largest absolute Gasteiger partial charge is 0.313 e. The summed E-state index contributed by atoms with van der Waals surface area (Å²) in [4.78, 5) is 0. The average Bonchev–Trinajstić information content (AvgIpc) is 2.22. The highest BCUT2D eigenvalue weighted by Crippen LogP contribution is 2.13. The number of halogens is 1. The van der Waals surface area contributed by atoms with Gasteiger partial charge in [0.15, 0.2) is 9.84 Å². The van der Waals surface area contributed by atoms with Crippen molar-refractivity contribution in [2.45, 2.75) is 18.9 Å². The van der Waals surface area contributed by atoms with Crippen LogP contribution in [0, 0.1) is 0 Å². The smallest absolute Gasteiger partial charge is 0.152 e. The van der Waals surface area contributed by atoms with Crippen molar-refractivity contribution in [2.75, 3.05) is 18.1 Å². The lowest BCUT2D eigenvalue weighted by Gasteiger charge is -2.27. The zero-order chi connectivity index (χ0) is 12.3. The summed E-state index contributed by atoms with van der Waals surface area (Å²) in [5, 5.41) is 3.12. The highest BCUT2D eigenvalue weighted by molar-refractivity contribution is 9.10. The summed E-state index contributed by atoms with van der Waals surface area (Å²) < 4.78 is 24.7. The third-order valence-electron chi connectivity index (χ3n) is 2.97. The third-order valence-corrected chi connectivity index (χ3v) is 5.20. The van der Waals surface area contributed by atoms with Gasteiger partial charge in [0.25, 0.3) is 0 Å². The minimum atomic E-state index is -2.93. The van der Waals surface area contributed by atoms with Gasteiger partial charge >= 0.3 is 0 Å². The molecule has 0 spiro atoms. The van der Waals surface area contributed by atoms with Crippen molar-refractivity contribution >= 4 is 25.8 Å². The maximum Gasteiger partial charge on any atom is 0.152 e. The van der Waals surface area contributed by atoms with E-state index < -0.39 is 9.84 Å². The van der Waals surface area contributed by atoms with Crippen molar-refractivity contribution in [2.24, 2.45) is 0 Å². The maximum absolute atomic E-state index is 11.8. The molecule has 1 heterocycles. The van der Waals surface area contributed by atoms with Crippen molar-refractivity contribution < 1.29 is 8.42 Å². The Morgan fingerprint density at radius 2 is 2.18 bits per heavy atom. The molecule has 5 heteroatoms. The summed E-state index contributed by atoms with van der Waals surface area (Å²) in [7, 11) is -2.93. The molecule has 0 radical (unpaired) electrons. The van der Waals surface area contributed by atoms with Gasteiger partial charge in [-0.25, -0.2) is 8.42 Å². The Morgan fingerprint density at radius 3 is 2.76 bits per heavy atom. The fourth-order valence-electron chi connectivity index (χ4n) is 1.85. The van der Waals surface area contributed by atoms with Crippen LogP contribution in [0.4, 0.5) is 0 Å². The van der Waals surface area contributed by atoms with Crippen LogP contribution in [0.3, 0.4) is 0 Å². The summed E-state index contributed by atoms with van der Waals surface area (Å²) in [6, 6.07) is 7.98. The van der Waals surface area contributed by atoms with E-state index in [2.05, 4.69) is 21.2 Å². The predicted octanol–water partition coefficient (Wildman–Crippen LogP) is 1.77. The van der Waals surface area contributed by atoms with E-state index in [4.69, 9.17) is 0 Å². The Morgan fingerprint density at radius 1 is 1.41 bits per heavy atom. The van der Waals surface area contributed by atoms with E-state index in [1.165, 1.54) is 0 Å². The fourth-order valence-corrected chi connectivity index (χ4v) is 3.90. The molecule has 0 saturated carbocycles. The van der Waals surface area contributed by atoms with Gasteiger partial charge in [0, 0.05) is 10.5 Å². The summed E-state index contributed by atoms with van der Waals surface area (Å²) in [5.74, 6) is 0.517. The molecular weight excluding hydrogens is 302 g/mol. The number of rotatable bonds is 5. The van der Waals surface area contributed by atoms with Gasteiger partial charge < -0.3 is 5.32 Å². The number of nitrogens with one attached hydrogen (secondary N) is 1. The number of hydrogen-bond donors (Lipinski definition) is 1. The minimum absolute atomic E-state index is 0.183. The zero-order valence-electron chi connectivity index (χ0n) is 9.52. The summed E-state index contributed by atoms with van der Waals surface area (Å²) in [6.45, 7) is 0.950. The molecule has 3 nitrogen and oxygen atoms in total. The SMILES string of the molecule is O=S(=O)(CCc1cccc(Br)c1)CC1CCN1. The molecule has 1 unspecified atom stereocenters. The Balaban J connectivity index is 1.88. The normalized spacial score (nSPS) is 19.9. The lowest BCUT2D eigenvalue weighted by atomic mass is 10.1. The van der Waals surface area contributed by atoms with E-state index in [0.29, 0.717) is 6.42 Å². The van der Waals surface area contributed by atoms with Crippen LogP contribution >= 0.6 is 15.9 Å². The number of aryl methyl sites for hydroxylation is 1. The van der Waals surface area contributed by atoms with Crippen molar-refractivity contribution in [1.29, 1.82) is 0 Å². The first-order chi connectivity index (χ1) is 8.05. The van der Waals surface area contributed by atoms with Crippen LogP contribution in [0.5, 0.6) is 0 Å². The lowest BCUT2D eigenvalue weighted by molar-refractivity contribution is 0.399. The summed E-state index contributed by atoms with van der Waals surface area (Å²) in [5.41, 5.74) is 1.06. The molecule has 1 N–H and O–H groups in total. The average molecular weight is 318 g/mol. The highest BCUT2D eigenvalue weighted by atomic mass is 79.9. The topological polar surface area (TPSA) is 46.2 Å². The molecular formula is C12H16BrNO2S. The molecule has 1 atom stereocenters. The van der Waals surface area contributed by atoms with Crippen LogP contribution in [-0.4, -0.2) is 32.5 Å². The minimum Gasteiger partial charge on any atom is -0.313 e. The summed E-state index contributed by atoms with van der Waals surface area (Å²) in [6.07, 6.45) is 1.57. The maximum atomic E-state index is 11.8.